The summed E-state index contributed by atoms with van der Waals surface area (Å²) >= 11 is 0. The zero-order valence-corrected chi connectivity index (χ0v) is 10.7. The van der Waals surface area contributed by atoms with Gasteiger partial charge in [0.2, 0.25) is 0 Å². The number of halogens is 1. The average Bonchev–Trinajstić information content (AvgIpc) is 2.72. The highest BCUT2D eigenvalue weighted by atomic mass is 19.1. The number of hydrogen-bond donors (Lipinski definition) is 1. The predicted octanol–water partition coefficient (Wildman–Crippen LogP) is 1.75. The molecule has 0 spiro atoms. The standard InChI is InChI=1S/C13H17FN4/c1-3-13-12(8-15-2)16-17-18(13)9-10-5-4-6-11(14)7-10/h4-7,15H,3,8-9H2,1-2H3. The summed E-state index contributed by atoms with van der Waals surface area (Å²) in [4.78, 5) is 0. The molecule has 18 heavy (non-hydrogen) atoms. The van der Waals surface area contributed by atoms with E-state index in [-0.39, 0.29) is 5.82 Å². The van der Waals surface area contributed by atoms with Crippen molar-refractivity contribution < 1.29 is 4.39 Å². The van der Waals surface area contributed by atoms with E-state index in [1.165, 1.54) is 12.1 Å². The monoisotopic (exact) mass is 248 g/mol. The zero-order valence-electron chi connectivity index (χ0n) is 10.7. The van der Waals surface area contributed by atoms with Gasteiger partial charge in [-0.3, -0.25) is 0 Å². The van der Waals surface area contributed by atoms with Crippen molar-refractivity contribution >= 4 is 0 Å². The average molecular weight is 248 g/mol. The lowest BCUT2D eigenvalue weighted by Gasteiger charge is -2.06. The van der Waals surface area contributed by atoms with Crippen molar-refractivity contribution in [1.82, 2.24) is 20.3 Å². The lowest BCUT2D eigenvalue weighted by molar-refractivity contribution is 0.604. The SMILES string of the molecule is CCc1c(CNC)nnn1Cc1cccc(F)c1. The van der Waals surface area contributed by atoms with Gasteiger partial charge in [-0.15, -0.1) is 5.10 Å². The first-order valence-corrected chi connectivity index (χ1v) is 6.05. The minimum atomic E-state index is -0.221. The van der Waals surface area contributed by atoms with Crippen molar-refractivity contribution in [2.24, 2.45) is 0 Å². The first kappa shape index (κ1) is 12.7. The van der Waals surface area contributed by atoms with Crippen molar-refractivity contribution in [3.05, 3.63) is 47.0 Å². The number of benzene rings is 1. The highest BCUT2D eigenvalue weighted by molar-refractivity contribution is 5.18. The van der Waals surface area contributed by atoms with Crippen LogP contribution in [0.5, 0.6) is 0 Å². The summed E-state index contributed by atoms with van der Waals surface area (Å²) in [5.41, 5.74) is 2.94. The molecule has 0 aliphatic heterocycles. The predicted molar refractivity (Wildman–Crippen MR) is 67.7 cm³/mol. The van der Waals surface area contributed by atoms with Crippen molar-refractivity contribution in [2.75, 3.05) is 7.05 Å². The van der Waals surface area contributed by atoms with E-state index in [1.807, 2.05) is 17.8 Å². The number of rotatable bonds is 5. The minimum absolute atomic E-state index is 0.221. The summed E-state index contributed by atoms with van der Waals surface area (Å²) in [5.74, 6) is -0.221. The van der Waals surface area contributed by atoms with E-state index < -0.39 is 0 Å². The van der Waals surface area contributed by atoms with Crippen LogP contribution in [0.2, 0.25) is 0 Å². The molecule has 0 saturated carbocycles. The van der Waals surface area contributed by atoms with E-state index >= 15 is 0 Å². The Morgan fingerprint density at radius 3 is 2.89 bits per heavy atom. The van der Waals surface area contributed by atoms with Crippen LogP contribution in [0.4, 0.5) is 4.39 Å². The summed E-state index contributed by atoms with van der Waals surface area (Å²) in [5, 5.41) is 11.4. The number of aromatic nitrogens is 3. The Hall–Kier alpha value is -1.75. The molecule has 5 heteroatoms. The largest absolute Gasteiger partial charge is 0.314 e. The highest BCUT2D eigenvalue weighted by Crippen LogP contribution is 2.10. The van der Waals surface area contributed by atoms with Gasteiger partial charge in [0.1, 0.15) is 5.82 Å². The third kappa shape index (κ3) is 2.73. The fraction of sp³-hybridized carbons (Fsp3) is 0.385. The zero-order chi connectivity index (χ0) is 13.0. The third-order valence-electron chi connectivity index (χ3n) is 2.82. The van der Waals surface area contributed by atoms with Crippen LogP contribution in [0.1, 0.15) is 23.9 Å². The van der Waals surface area contributed by atoms with Gasteiger partial charge in [-0.2, -0.15) is 0 Å². The van der Waals surface area contributed by atoms with Gasteiger partial charge >= 0.3 is 0 Å². The Balaban J connectivity index is 2.23. The van der Waals surface area contributed by atoms with Crippen LogP contribution in [-0.4, -0.2) is 22.0 Å². The Morgan fingerprint density at radius 1 is 1.39 bits per heavy atom. The van der Waals surface area contributed by atoms with E-state index in [2.05, 4.69) is 22.6 Å². The maximum atomic E-state index is 13.1. The van der Waals surface area contributed by atoms with Crippen LogP contribution < -0.4 is 5.32 Å². The molecule has 0 amide bonds. The second-order valence-corrected chi connectivity index (χ2v) is 4.15. The maximum absolute atomic E-state index is 13.1. The first-order chi connectivity index (χ1) is 8.74. The molecule has 2 rings (SSSR count). The molecule has 96 valence electrons. The van der Waals surface area contributed by atoms with Crippen molar-refractivity contribution in [3.8, 4) is 0 Å². The van der Waals surface area contributed by atoms with Crippen LogP contribution in [0.25, 0.3) is 0 Å². The van der Waals surface area contributed by atoms with Gasteiger partial charge in [-0.25, -0.2) is 9.07 Å². The molecule has 1 aromatic heterocycles. The Bertz CT molecular complexity index is 521. The maximum Gasteiger partial charge on any atom is 0.123 e. The number of hydrogen-bond acceptors (Lipinski definition) is 3. The first-order valence-electron chi connectivity index (χ1n) is 6.05. The van der Waals surface area contributed by atoms with Crippen molar-refractivity contribution in [3.63, 3.8) is 0 Å². The van der Waals surface area contributed by atoms with Crippen molar-refractivity contribution in [2.45, 2.75) is 26.4 Å². The fourth-order valence-electron chi connectivity index (χ4n) is 2.00. The molecule has 0 radical (unpaired) electrons. The molecule has 0 saturated heterocycles. The van der Waals surface area contributed by atoms with Crippen LogP contribution in [-0.2, 0) is 19.5 Å². The van der Waals surface area contributed by atoms with Gasteiger partial charge in [0.05, 0.1) is 17.9 Å². The van der Waals surface area contributed by atoms with Crippen LogP contribution >= 0.6 is 0 Å². The molecule has 4 nitrogen and oxygen atoms in total. The number of nitrogens with zero attached hydrogens (tertiary/aromatic N) is 3. The summed E-state index contributed by atoms with van der Waals surface area (Å²) in [6.45, 7) is 3.32. The van der Waals surface area contributed by atoms with E-state index in [0.717, 1.165) is 23.4 Å². The normalized spacial score (nSPS) is 10.8. The molecule has 0 atom stereocenters. The minimum Gasteiger partial charge on any atom is -0.314 e. The molecular formula is C13H17FN4. The summed E-state index contributed by atoms with van der Waals surface area (Å²) < 4.78 is 15.0. The Labute approximate surface area is 106 Å². The van der Waals surface area contributed by atoms with E-state index in [9.17, 15) is 4.39 Å². The smallest absolute Gasteiger partial charge is 0.123 e. The summed E-state index contributed by atoms with van der Waals surface area (Å²) in [7, 11) is 1.88. The molecule has 0 bridgehead atoms. The second-order valence-electron chi connectivity index (χ2n) is 4.15. The lowest BCUT2D eigenvalue weighted by atomic mass is 10.2. The number of nitrogens with one attached hydrogen (secondary N) is 1. The molecule has 0 fully saturated rings. The van der Waals surface area contributed by atoms with E-state index in [4.69, 9.17) is 0 Å². The van der Waals surface area contributed by atoms with Gasteiger partial charge < -0.3 is 5.32 Å². The van der Waals surface area contributed by atoms with Gasteiger partial charge in [0.15, 0.2) is 0 Å². The van der Waals surface area contributed by atoms with Gasteiger partial charge in [0.25, 0.3) is 0 Å². The second kappa shape index (κ2) is 5.73. The van der Waals surface area contributed by atoms with Gasteiger partial charge in [-0.05, 0) is 31.2 Å². The lowest BCUT2D eigenvalue weighted by Crippen LogP contribution is -2.10. The topological polar surface area (TPSA) is 42.7 Å². The highest BCUT2D eigenvalue weighted by Gasteiger charge is 2.10. The summed E-state index contributed by atoms with van der Waals surface area (Å²) in [6.07, 6.45) is 0.860. The molecule has 0 unspecified atom stereocenters. The quantitative estimate of drug-likeness (QED) is 0.876. The fourth-order valence-corrected chi connectivity index (χ4v) is 2.00. The molecule has 1 N–H and O–H groups in total. The van der Waals surface area contributed by atoms with Crippen LogP contribution in [0.15, 0.2) is 24.3 Å². The van der Waals surface area contributed by atoms with E-state index in [1.54, 1.807) is 6.07 Å². The third-order valence-corrected chi connectivity index (χ3v) is 2.82. The van der Waals surface area contributed by atoms with Crippen LogP contribution in [0, 0.1) is 5.82 Å². The molecule has 2 aromatic rings. The Morgan fingerprint density at radius 2 is 2.22 bits per heavy atom. The Kier molecular flexibility index (Phi) is 4.04. The van der Waals surface area contributed by atoms with Crippen molar-refractivity contribution in [1.29, 1.82) is 0 Å². The molecule has 0 aliphatic rings. The molecular weight excluding hydrogens is 231 g/mol. The van der Waals surface area contributed by atoms with Gasteiger partial charge in [-0.1, -0.05) is 24.3 Å². The molecule has 0 aliphatic carbocycles. The molecule has 1 heterocycles. The van der Waals surface area contributed by atoms with Crippen LogP contribution in [0.3, 0.4) is 0 Å². The molecule has 1 aromatic carbocycles. The summed E-state index contributed by atoms with van der Waals surface area (Å²) in [6, 6.07) is 6.57. The van der Waals surface area contributed by atoms with Gasteiger partial charge in [0, 0.05) is 6.54 Å². The van der Waals surface area contributed by atoms with E-state index in [0.29, 0.717) is 13.1 Å².